The molecule has 0 aliphatic heterocycles. The van der Waals surface area contributed by atoms with E-state index in [1.807, 2.05) is 33.1 Å². The molecule has 3 nitrogen and oxygen atoms in total. The van der Waals surface area contributed by atoms with E-state index >= 15 is 0 Å². The number of benzene rings is 1. The van der Waals surface area contributed by atoms with E-state index in [-0.39, 0.29) is 5.75 Å². The van der Waals surface area contributed by atoms with Crippen LogP contribution in [-0.4, -0.2) is 23.7 Å². The molecule has 0 aromatic heterocycles. The Morgan fingerprint density at radius 1 is 0.950 bits per heavy atom. The van der Waals surface area contributed by atoms with Gasteiger partial charge in [0.1, 0.15) is 17.4 Å². The molecule has 0 unspecified atom stereocenters. The van der Waals surface area contributed by atoms with E-state index < -0.39 is 28.8 Å². The highest BCUT2D eigenvalue weighted by Crippen LogP contribution is 2.23. The molecule has 0 spiro atoms. The first kappa shape index (κ1) is 17.3. The fourth-order valence-electron chi connectivity index (χ4n) is 1.86. The second-order valence-corrected chi connectivity index (χ2v) is 12.4. The Kier molecular flexibility index (Phi) is 5.87. The monoisotopic (exact) mass is 320 g/mol. The van der Waals surface area contributed by atoms with Crippen LogP contribution >= 0.6 is 0 Å². The number of hydrogen-bond donors (Lipinski definition) is 0. The molecule has 0 saturated heterocycles. The smallest absolute Gasteiger partial charge is 0.383 e. The first-order valence-corrected chi connectivity index (χ1v) is 12.3. The summed E-state index contributed by atoms with van der Waals surface area (Å²) >= 11 is 0. The van der Waals surface area contributed by atoms with Crippen molar-refractivity contribution < 1.29 is 21.7 Å². The summed E-state index contributed by atoms with van der Waals surface area (Å²) in [4.78, 5) is 0. The van der Waals surface area contributed by atoms with Gasteiger partial charge in [-0.1, -0.05) is 6.92 Å². The molecule has 0 aliphatic rings. The van der Waals surface area contributed by atoms with Gasteiger partial charge in [0.15, 0.2) is 0 Å². The topological polar surface area (TPSA) is 27.7 Å². The summed E-state index contributed by atoms with van der Waals surface area (Å²) in [5.74, 6) is -1.17. The van der Waals surface area contributed by atoms with E-state index in [0.29, 0.717) is 6.61 Å². The van der Waals surface area contributed by atoms with E-state index in [2.05, 4.69) is 0 Å². The van der Waals surface area contributed by atoms with Crippen LogP contribution < -0.4 is 4.43 Å². The van der Waals surface area contributed by atoms with Gasteiger partial charge in [-0.25, -0.2) is 8.78 Å². The third kappa shape index (κ3) is 6.12. The maximum atomic E-state index is 13.1. The summed E-state index contributed by atoms with van der Waals surface area (Å²) in [6, 6.07) is 3.12. The Labute approximate surface area is 121 Å². The lowest BCUT2D eigenvalue weighted by Crippen LogP contribution is -2.50. The molecule has 0 N–H and O–H groups in total. The fraction of sp³-hybridized carbons (Fsp3) is 0.538. The Morgan fingerprint density at radius 2 is 1.50 bits per heavy atom. The maximum absolute atomic E-state index is 13.1. The van der Waals surface area contributed by atoms with Crippen LogP contribution in [0.1, 0.15) is 13.3 Å². The minimum absolute atomic E-state index is 0.152. The minimum Gasteiger partial charge on any atom is -0.521 e. The maximum Gasteiger partial charge on any atom is 0.383 e. The Balaban J connectivity index is 2.73. The quantitative estimate of drug-likeness (QED) is 0.705. The van der Waals surface area contributed by atoms with Gasteiger partial charge in [0, 0.05) is 24.8 Å². The van der Waals surface area contributed by atoms with Gasteiger partial charge in [0.2, 0.25) is 0 Å². The summed E-state index contributed by atoms with van der Waals surface area (Å²) in [7, 11) is -4.86. The molecule has 0 saturated carbocycles. The zero-order valence-electron chi connectivity index (χ0n) is 12.6. The number of rotatable bonds is 7. The summed E-state index contributed by atoms with van der Waals surface area (Å²) < 4.78 is 43.7. The Bertz CT molecular complexity index is 433. The molecule has 1 aromatic rings. The highest BCUT2D eigenvalue weighted by Gasteiger charge is 2.37. The molecule has 20 heavy (non-hydrogen) atoms. The summed E-state index contributed by atoms with van der Waals surface area (Å²) in [6.07, 6.45) is 0.914. The van der Waals surface area contributed by atoms with Gasteiger partial charge in [-0.15, -0.1) is 0 Å². The van der Waals surface area contributed by atoms with Gasteiger partial charge in [0.25, 0.3) is 0 Å². The van der Waals surface area contributed by atoms with Crippen LogP contribution in [0, 0.1) is 11.6 Å². The van der Waals surface area contributed by atoms with Gasteiger partial charge >= 0.3 is 17.1 Å². The lowest BCUT2D eigenvalue weighted by molar-refractivity contribution is 0.231. The van der Waals surface area contributed by atoms with Crippen molar-refractivity contribution >= 4 is 17.1 Å². The lowest BCUT2D eigenvalue weighted by Gasteiger charge is -2.32. The average Bonchev–Trinajstić information content (AvgIpc) is 2.22. The van der Waals surface area contributed by atoms with E-state index in [1.54, 1.807) is 0 Å². The standard InChI is InChI=1S/C13H22F2O3Si2/c1-6-7-16-19(2,3)18-20(4,5)17-13-9-11(14)8-12(15)10-13/h8-10H,6-7H2,1-5H3. The van der Waals surface area contributed by atoms with Crippen LogP contribution in [0.3, 0.4) is 0 Å². The molecule has 0 aliphatic carbocycles. The van der Waals surface area contributed by atoms with Crippen LogP contribution in [0.5, 0.6) is 5.75 Å². The molecule has 0 bridgehead atoms. The number of hydrogen-bond acceptors (Lipinski definition) is 3. The predicted octanol–water partition coefficient (Wildman–Crippen LogP) is 4.19. The van der Waals surface area contributed by atoms with Gasteiger partial charge in [-0.3, -0.25) is 0 Å². The highest BCUT2D eigenvalue weighted by atomic mass is 28.5. The molecular weight excluding hydrogens is 298 g/mol. The second kappa shape index (κ2) is 6.79. The molecule has 1 rings (SSSR count). The largest absolute Gasteiger partial charge is 0.521 e. The molecule has 0 atom stereocenters. The van der Waals surface area contributed by atoms with E-state index in [0.717, 1.165) is 24.6 Å². The summed E-state index contributed by atoms with van der Waals surface area (Å²) in [5, 5.41) is 0. The van der Waals surface area contributed by atoms with E-state index in [4.69, 9.17) is 13.0 Å². The third-order valence-corrected chi connectivity index (χ3v) is 7.90. The molecule has 0 fully saturated rings. The van der Waals surface area contributed by atoms with Crippen molar-refractivity contribution in [1.82, 2.24) is 0 Å². The molecule has 1 aromatic carbocycles. The zero-order chi connectivity index (χ0) is 15.4. The molecule has 114 valence electrons. The van der Waals surface area contributed by atoms with Crippen LogP contribution in [0.4, 0.5) is 8.78 Å². The van der Waals surface area contributed by atoms with E-state index in [9.17, 15) is 8.78 Å². The minimum atomic E-state index is -2.57. The summed E-state index contributed by atoms with van der Waals surface area (Å²) in [6.45, 7) is 10.2. The third-order valence-electron chi connectivity index (χ3n) is 2.35. The number of halogens is 2. The normalized spacial score (nSPS) is 12.6. The fourth-order valence-corrected chi connectivity index (χ4v) is 8.38. The van der Waals surface area contributed by atoms with Crippen LogP contribution in [0.15, 0.2) is 18.2 Å². The van der Waals surface area contributed by atoms with Gasteiger partial charge in [0.05, 0.1) is 0 Å². The van der Waals surface area contributed by atoms with Gasteiger partial charge < -0.3 is 13.0 Å². The SMILES string of the molecule is CCCO[Si](C)(C)O[Si](C)(C)Oc1cc(F)cc(F)c1. The molecule has 0 heterocycles. The van der Waals surface area contributed by atoms with Crippen LogP contribution in [0.2, 0.25) is 26.2 Å². The van der Waals surface area contributed by atoms with Crippen molar-refractivity contribution in [1.29, 1.82) is 0 Å². The lowest BCUT2D eigenvalue weighted by atomic mass is 10.3. The first-order valence-electron chi connectivity index (χ1n) is 6.63. The summed E-state index contributed by atoms with van der Waals surface area (Å²) in [5.41, 5.74) is 0. The van der Waals surface area contributed by atoms with Crippen LogP contribution in [-0.2, 0) is 8.54 Å². The van der Waals surface area contributed by atoms with Crippen molar-refractivity contribution in [2.45, 2.75) is 39.5 Å². The van der Waals surface area contributed by atoms with Crippen LogP contribution in [0.25, 0.3) is 0 Å². The Morgan fingerprint density at radius 3 is 2.00 bits per heavy atom. The van der Waals surface area contributed by atoms with Crippen molar-refractivity contribution in [2.24, 2.45) is 0 Å². The molecular formula is C13H22F2O3Si2. The average molecular weight is 320 g/mol. The van der Waals surface area contributed by atoms with Crippen molar-refractivity contribution in [3.63, 3.8) is 0 Å². The van der Waals surface area contributed by atoms with Crippen molar-refractivity contribution in [2.75, 3.05) is 6.61 Å². The first-order chi connectivity index (χ1) is 9.13. The van der Waals surface area contributed by atoms with Gasteiger partial charge in [-0.05, 0) is 32.6 Å². The van der Waals surface area contributed by atoms with Crippen molar-refractivity contribution in [3.8, 4) is 5.75 Å². The molecule has 0 radical (unpaired) electrons. The zero-order valence-corrected chi connectivity index (χ0v) is 14.6. The molecule has 7 heteroatoms. The molecule has 0 amide bonds. The van der Waals surface area contributed by atoms with E-state index in [1.165, 1.54) is 0 Å². The highest BCUT2D eigenvalue weighted by molar-refractivity contribution is 6.79. The predicted molar refractivity (Wildman–Crippen MR) is 79.3 cm³/mol. The Hall–Kier alpha value is -0.766. The van der Waals surface area contributed by atoms with Gasteiger partial charge in [-0.2, -0.15) is 0 Å². The second-order valence-electron chi connectivity index (χ2n) is 5.46. The van der Waals surface area contributed by atoms with Crippen molar-refractivity contribution in [3.05, 3.63) is 29.8 Å².